The van der Waals surface area contributed by atoms with Crippen molar-refractivity contribution in [2.75, 3.05) is 66.1 Å². The quantitative estimate of drug-likeness (QED) is 0.152. The van der Waals surface area contributed by atoms with E-state index in [1.165, 1.54) is 16.9 Å². The molecule has 3 rings (SSSR count). The monoisotopic (exact) mass is 635 g/mol. The number of rotatable bonds is 22. The van der Waals surface area contributed by atoms with Gasteiger partial charge in [-0.05, 0) is 49.1 Å². The number of pyridine rings is 1. The van der Waals surface area contributed by atoms with Crippen molar-refractivity contribution in [3.05, 3.63) is 66.1 Å². The molecule has 4 N–H and O–H groups in total. The molecule has 2 heterocycles. The fourth-order valence-corrected chi connectivity index (χ4v) is 5.07. The topological polar surface area (TPSA) is 154 Å². The van der Waals surface area contributed by atoms with Crippen molar-refractivity contribution in [1.29, 1.82) is 0 Å². The number of nitrogens with zero attached hydrogens (tertiary/aromatic N) is 4. The highest BCUT2D eigenvalue weighted by Crippen LogP contribution is 2.18. The number of aromatic nitrogens is 2. The van der Waals surface area contributed by atoms with Crippen molar-refractivity contribution < 1.29 is 23.9 Å². The van der Waals surface area contributed by atoms with Gasteiger partial charge in [0.15, 0.2) is 5.78 Å². The van der Waals surface area contributed by atoms with E-state index in [-0.39, 0.29) is 69.4 Å². The maximum absolute atomic E-state index is 13.7. The zero-order valence-electron chi connectivity index (χ0n) is 27.2. The normalized spacial score (nSPS) is 11.0. The molecule has 0 aliphatic heterocycles. The smallest absolute Gasteiger partial charge is 0.242 e. The number of H-pyrrole nitrogens is 1. The number of para-hydroxylation sites is 1. The van der Waals surface area contributed by atoms with Gasteiger partial charge in [-0.1, -0.05) is 37.6 Å². The van der Waals surface area contributed by atoms with Gasteiger partial charge in [0, 0.05) is 69.2 Å². The molecule has 0 aliphatic carbocycles. The summed E-state index contributed by atoms with van der Waals surface area (Å²) in [5.41, 5.74) is 8.76. The van der Waals surface area contributed by atoms with E-state index in [0.29, 0.717) is 38.9 Å². The molecule has 0 atom stereocenters. The first-order chi connectivity index (χ1) is 22.4. The number of amides is 3. The third-order valence-electron chi connectivity index (χ3n) is 7.74. The second kappa shape index (κ2) is 20.1. The van der Waals surface area contributed by atoms with Crippen molar-refractivity contribution >= 4 is 34.4 Å². The molecule has 0 aliphatic rings. The van der Waals surface area contributed by atoms with Crippen LogP contribution in [0.1, 0.15) is 43.7 Å². The van der Waals surface area contributed by atoms with E-state index in [2.05, 4.69) is 15.3 Å². The summed E-state index contributed by atoms with van der Waals surface area (Å²) in [4.78, 5) is 65.1. The van der Waals surface area contributed by atoms with Crippen molar-refractivity contribution in [2.45, 2.75) is 45.6 Å². The molecule has 0 spiro atoms. The molecule has 0 saturated heterocycles. The average Bonchev–Trinajstić information content (AvgIpc) is 3.49. The van der Waals surface area contributed by atoms with Gasteiger partial charge in [-0.25, -0.2) is 0 Å². The Labute approximate surface area is 271 Å². The molecule has 12 nitrogen and oxygen atoms in total. The van der Waals surface area contributed by atoms with Crippen LogP contribution in [0.4, 0.5) is 0 Å². The van der Waals surface area contributed by atoms with Crippen molar-refractivity contribution in [3.63, 3.8) is 0 Å². The Morgan fingerprint density at radius 2 is 1.65 bits per heavy atom. The predicted octanol–water partition coefficient (Wildman–Crippen LogP) is 2.14. The van der Waals surface area contributed by atoms with Gasteiger partial charge in [-0.2, -0.15) is 0 Å². The number of aromatic amines is 1. The van der Waals surface area contributed by atoms with Crippen LogP contribution in [0.5, 0.6) is 0 Å². The maximum Gasteiger partial charge on any atom is 0.242 e. The summed E-state index contributed by atoms with van der Waals surface area (Å²) in [6.45, 7) is 3.46. The zero-order chi connectivity index (χ0) is 33.1. The van der Waals surface area contributed by atoms with Crippen molar-refractivity contribution in [2.24, 2.45) is 5.73 Å². The van der Waals surface area contributed by atoms with Crippen LogP contribution in [0.2, 0.25) is 0 Å². The third kappa shape index (κ3) is 12.0. The number of ketones is 1. The Bertz CT molecular complexity index is 1380. The molecule has 46 heavy (non-hydrogen) atoms. The van der Waals surface area contributed by atoms with E-state index >= 15 is 0 Å². The molecule has 3 aromatic rings. The highest BCUT2D eigenvalue weighted by molar-refractivity contribution is 5.91. The Kier molecular flexibility index (Phi) is 15.9. The first-order valence-corrected chi connectivity index (χ1v) is 16.0. The van der Waals surface area contributed by atoms with Crippen LogP contribution in [-0.2, 0) is 36.9 Å². The van der Waals surface area contributed by atoms with Crippen LogP contribution < -0.4 is 11.1 Å². The fourth-order valence-electron chi connectivity index (χ4n) is 5.07. The maximum atomic E-state index is 13.7. The molecule has 2 aromatic heterocycles. The molecule has 0 saturated carbocycles. The predicted molar refractivity (Wildman–Crippen MR) is 178 cm³/mol. The molecular weight excluding hydrogens is 586 g/mol. The van der Waals surface area contributed by atoms with Gasteiger partial charge in [-0.15, -0.1) is 0 Å². The van der Waals surface area contributed by atoms with Gasteiger partial charge in [0.25, 0.3) is 0 Å². The lowest BCUT2D eigenvalue weighted by atomic mass is 10.1. The number of hydrogen-bond donors (Lipinski definition) is 3. The highest BCUT2D eigenvalue weighted by Gasteiger charge is 2.25. The molecule has 12 heteroatoms. The zero-order valence-corrected chi connectivity index (χ0v) is 27.2. The lowest BCUT2D eigenvalue weighted by Crippen LogP contribution is -2.50. The van der Waals surface area contributed by atoms with Crippen molar-refractivity contribution in [3.8, 4) is 0 Å². The summed E-state index contributed by atoms with van der Waals surface area (Å²) in [5.74, 6) is -0.958. The summed E-state index contributed by atoms with van der Waals surface area (Å²) in [5, 5.41) is 4.18. The number of nitrogens with two attached hydrogens (primary N) is 1. The molecule has 0 radical (unpaired) electrons. The number of nitrogens with one attached hydrogen (secondary N) is 2. The van der Waals surface area contributed by atoms with Crippen molar-refractivity contribution in [1.82, 2.24) is 30.0 Å². The minimum atomic E-state index is -0.368. The van der Waals surface area contributed by atoms with Gasteiger partial charge in [0.2, 0.25) is 17.7 Å². The summed E-state index contributed by atoms with van der Waals surface area (Å²) in [7, 11) is 1.53. The number of carbonyl (C=O) groups is 4. The molecular formula is C34H49N7O5. The van der Waals surface area contributed by atoms with Gasteiger partial charge in [0.1, 0.15) is 0 Å². The number of carbonyl (C=O) groups excluding carboxylic acids is 4. The van der Waals surface area contributed by atoms with Crippen LogP contribution in [-0.4, -0.2) is 114 Å². The number of methoxy groups -OCH3 is 1. The minimum absolute atomic E-state index is 0.0101. The van der Waals surface area contributed by atoms with E-state index in [4.69, 9.17) is 10.5 Å². The standard InChI is InChI=1S/C34H49N7O5/c1-3-4-10-29(42)24-40(17-13-28-22-38-31-12-6-5-11-30(28)31)34(45)25-39(16-8-14-35)33(44)26-41(18-19-46-2)32(43)23-37-21-27-9-7-15-36-20-27/h5-7,9,11-12,15,20,22,37-38H,3-4,8,10,13-14,16-19,21,23-26,35H2,1-2H3. The Morgan fingerprint density at radius 3 is 2.35 bits per heavy atom. The number of benzene rings is 1. The second-order valence-corrected chi connectivity index (χ2v) is 11.3. The summed E-state index contributed by atoms with van der Waals surface area (Å²) in [6, 6.07) is 11.7. The first kappa shape index (κ1) is 36.3. The fraction of sp³-hybridized carbons (Fsp3) is 0.500. The molecule has 0 fully saturated rings. The number of hydrogen-bond acceptors (Lipinski definition) is 8. The lowest BCUT2D eigenvalue weighted by Gasteiger charge is -2.30. The number of fused-ring (bicyclic) bond motifs is 1. The molecule has 3 amide bonds. The molecule has 250 valence electrons. The van der Waals surface area contributed by atoms with Crippen LogP contribution in [0.15, 0.2) is 55.0 Å². The van der Waals surface area contributed by atoms with E-state index in [9.17, 15) is 19.2 Å². The van der Waals surface area contributed by atoms with Gasteiger partial charge < -0.3 is 35.5 Å². The molecule has 0 unspecified atom stereocenters. The Balaban J connectivity index is 1.69. The Hall–Kier alpha value is -4.13. The number of ether oxygens (including phenoxy) is 1. The van der Waals surface area contributed by atoms with Crippen LogP contribution in [0, 0.1) is 0 Å². The Morgan fingerprint density at radius 1 is 0.913 bits per heavy atom. The average molecular weight is 636 g/mol. The summed E-state index contributed by atoms with van der Waals surface area (Å²) < 4.78 is 5.19. The third-order valence-corrected chi connectivity index (χ3v) is 7.74. The van der Waals surface area contributed by atoms with Gasteiger partial charge in [0.05, 0.1) is 32.8 Å². The van der Waals surface area contributed by atoms with E-state index in [1.807, 2.05) is 49.5 Å². The first-order valence-electron chi connectivity index (χ1n) is 16.0. The van der Waals surface area contributed by atoms with Crippen LogP contribution >= 0.6 is 0 Å². The van der Waals surface area contributed by atoms with Gasteiger partial charge in [-0.3, -0.25) is 24.2 Å². The summed E-state index contributed by atoms with van der Waals surface area (Å²) in [6.07, 6.45) is 8.41. The van der Waals surface area contributed by atoms with E-state index in [0.717, 1.165) is 34.9 Å². The second-order valence-electron chi connectivity index (χ2n) is 11.3. The lowest BCUT2D eigenvalue weighted by molar-refractivity contribution is -0.145. The van der Waals surface area contributed by atoms with Crippen LogP contribution in [0.25, 0.3) is 10.9 Å². The molecule has 0 bridgehead atoms. The largest absolute Gasteiger partial charge is 0.383 e. The SMILES string of the molecule is CCCCC(=O)CN(CCc1c[nH]c2ccccc12)C(=O)CN(CCCN)C(=O)CN(CCOC)C(=O)CNCc1cccnc1. The van der Waals surface area contributed by atoms with Crippen LogP contribution in [0.3, 0.4) is 0 Å². The summed E-state index contributed by atoms with van der Waals surface area (Å²) >= 11 is 0. The van der Waals surface area contributed by atoms with Gasteiger partial charge >= 0.3 is 0 Å². The van der Waals surface area contributed by atoms with E-state index < -0.39 is 0 Å². The highest BCUT2D eigenvalue weighted by atomic mass is 16.5. The number of Topliss-reactive ketones (excluding diaryl/α,β-unsaturated/α-hetero) is 1. The molecule has 1 aromatic carbocycles. The minimum Gasteiger partial charge on any atom is -0.383 e. The van der Waals surface area contributed by atoms with E-state index in [1.54, 1.807) is 17.3 Å². The number of unbranched alkanes of at least 4 members (excludes halogenated alkanes) is 1.